The molecule has 0 saturated carbocycles. The minimum absolute atomic E-state index is 0.360. The third kappa shape index (κ3) is 3.73. The van der Waals surface area contributed by atoms with Crippen LogP contribution < -0.4 is 10.4 Å². The second kappa shape index (κ2) is 8.22. The molecule has 0 unspecified atom stereocenters. The van der Waals surface area contributed by atoms with Gasteiger partial charge in [-0.2, -0.15) is 0 Å². The summed E-state index contributed by atoms with van der Waals surface area (Å²) in [6.07, 6.45) is 0.830. The molecule has 0 atom stereocenters. The number of halogens is 1. The first-order chi connectivity index (χ1) is 15.1. The molecule has 0 saturated heterocycles. The second-order valence-corrected chi connectivity index (χ2v) is 8.18. The lowest BCUT2D eigenvalue weighted by atomic mass is 9.95. The van der Waals surface area contributed by atoms with Gasteiger partial charge < -0.3 is 9.15 Å². The Balaban J connectivity index is 1.65. The largest absolute Gasteiger partial charge is 0.477 e. The first-order valence-corrected chi connectivity index (χ1v) is 10.8. The first kappa shape index (κ1) is 19.9. The van der Waals surface area contributed by atoms with Gasteiger partial charge in [-0.15, -0.1) is 0 Å². The van der Waals surface area contributed by atoms with Crippen LogP contribution in [0.5, 0.6) is 5.75 Å². The molecule has 2 heterocycles. The Morgan fingerprint density at radius 1 is 1.00 bits per heavy atom. The predicted octanol–water partition coefficient (Wildman–Crippen LogP) is 6.03. The molecule has 1 aliphatic rings. The van der Waals surface area contributed by atoms with Gasteiger partial charge in [-0.25, -0.2) is 4.79 Å². The van der Waals surface area contributed by atoms with E-state index < -0.39 is 0 Å². The summed E-state index contributed by atoms with van der Waals surface area (Å²) < 4.78 is 11.9. The summed E-state index contributed by atoms with van der Waals surface area (Å²) in [6.45, 7) is 3.84. The summed E-state index contributed by atoms with van der Waals surface area (Å²) in [7, 11) is 0. The van der Waals surface area contributed by atoms with Crippen LogP contribution in [-0.4, -0.2) is 11.6 Å². The van der Waals surface area contributed by atoms with E-state index in [2.05, 4.69) is 17.9 Å². The van der Waals surface area contributed by atoms with Gasteiger partial charge in [-0.3, -0.25) is 4.90 Å². The number of nitrogens with zero attached hydrogens (tertiary/aromatic N) is 1. The van der Waals surface area contributed by atoms with E-state index in [1.165, 1.54) is 0 Å². The molecule has 0 bridgehead atoms. The number of ether oxygens (including phenoxy) is 1. The highest BCUT2D eigenvalue weighted by molar-refractivity contribution is 6.31. The fraction of sp³-hybridized carbons (Fsp3) is 0.192. The highest BCUT2D eigenvalue weighted by Crippen LogP contribution is 2.39. The zero-order valence-electron chi connectivity index (χ0n) is 17.2. The molecule has 4 nitrogen and oxygen atoms in total. The molecule has 0 spiro atoms. The Hall–Kier alpha value is -3.08. The molecule has 0 amide bonds. The number of benzene rings is 3. The van der Waals surface area contributed by atoms with E-state index in [-0.39, 0.29) is 5.63 Å². The maximum Gasteiger partial charge on any atom is 0.336 e. The summed E-state index contributed by atoms with van der Waals surface area (Å²) in [5.41, 5.74) is 5.19. The summed E-state index contributed by atoms with van der Waals surface area (Å²) in [5, 5.41) is 1.67. The predicted molar refractivity (Wildman–Crippen MR) is 123 cm³/mol. The van der Waals surface area contributed by atoms with Crippen LogP contribution in [-0.2, 0) is 19.5 Å². The second-order valence-electron chi connectivity index (χ2n) is 7.77. The Kier molecular flexibility index (Phi) is 5.26. The Labute approximate surface area is 185 Å². The molecular formula is C26H22ClNO3. The Morgan fingerprint density at radius 2 is 1.77 bits per heavy atom. The molecule has 0 fully saturated rings. The van der Waals surface area contributed by atoms with Gasteiger partial charge in [0.2, 0.25) is 0 Å². The lowest BCUT2D eigenvalue weighted by Crippen LogP contribution is -2.32. The maximum atomic E-state index is 12.5. The zero-order chi connectivity index (χ0) is 21.4. The van der Waals surface area contributed by atoms with Crippen LogP contribution in [0.4, 0.5) is 0 Å². The van der Waals surface area contributed by atoms with Gasteiger partial charge >= 0.3 is 5.63 Å². The average molecular weight is 432 g/mol. The molecule has 156 valence electrons. The van der Waals surface area contributed by atoms with Gasteiger partial charge in [0.15, 0.2) is 0 Å². The van der Waals surface area contributed by atoms with Gasteiger partial charge in [0.1, 0.15) is 18.1 Å². The van der Waals surface area contributed by atoms with E-state index in [0.717, 1.165) is 50.4 Å². The van der Waals surface area contributed by atoms with Crippen molar-refractivity contribution in [1.29, 1.82) is 0 Å². The number of rotatable bonds is 4. The summed E-state index contributed by atoms with van der Waals surface area (Å²) >= 11 is 6.37. The van der Waals surface area contributed by atoms with Crippen molar-refractivity contribution < 1.29 is 9.15 Å². The molecule has 0 aliphatic carbocycles. The molecule has 31 heavy (non-hydrogen) atoms. The van der Waals surface area contributed by atoms with Crippen LogP contribution in [0.1, 0.15) is 23.6 Å². The van der Waals surface area contributed by atoms with Crippen LogP contribution in [0, 0.1) is 0 Å². The van der Waals surface area contributed by atoms with E-state index in [1.807, 2.05) is 54.6 Å². The van der Waals surface area contributed by atoms with Crippen LogP contribution in [0.15, 0.2) is 75.9 Å². The number of fused-ring (bicyclic) bond motifs is 3. The third-order valence-electron chi connectivity index (χ3n) is 5.75. The fourth-order valence-electron chi connectivity index (χ4n) is 4.24. The standard InChI is InChI=1S/C26H22ClNO3/c1-2-17-12-21-20(18-8-4-3-5-9-18)13-24(29)31-26(21)22-15-28(16-30-25(17)22)14-19-10-6-7-11-23(19)27/h3-13H,2,14-16H2,1H3. The van der Waals surface area contributed by atoms with E-state index >= 15 is 0 Å². The number of hydrogen-bond donors (Lipinski definition) is 0. The van der Waals surface area contributed by atoms with E-state index in [1.54, 1.807) is 6.07 Å². The lowest BCUT2D eigenvalue weighted by Gasteiger charge is -2.31. The van der Waals surface area contributed by atoms with Crippen LogP contribution in [0.3, 0.4) is 0 Å². The molecule has 0 radical (unpaired) electrons. The normalized spacial score (nSPS) is 13.7. The summed E-state index contributed by atoms with van der Waals surface area (Å²) in [5.74, 6) is 0.832. The van der Waals surface area contributed by atoms with Crippen molar-refractivity contribution in [2.45, 2.75) is 26.4 Å². The topological polar surface area (TPSA) is 42.7 Å². The fourth-order valence-corrected chi connectivity index (χ4v) is 4.44. The van der Waals surface area contributed by atoms with Crippen molar-refractivity contribution >= 4 is 22.6 Å². The molecule has 1 aromatic heterocycles. The van der Waals surface area contributed by atoms with Crippen molar-refractivity contribution in [2.24, 2.45) is 0 Å². The van der Waals surface area contributed by atoms with E-state index in [4.69, 9.17) is 20.8 Å². The van der Waals surface area contributed by atoms with E-state index in [0.29, 0.717) is 25.4 Å². The van der Waals surface area contributed by atoms with Crippen molar-refractivity contribution in [3.63, 3.8) is 0 Å². The molecule has 4 aromatic rings. The molecule has 1 aliphatic heterocycles. The zero-order valence-corrected chi connectivity index (χ0v) is 18.0. The quantitative estimate of drug-likeness (QED) is 0.370. The van der Waals surface area contributed by atoms with Gasteiger partial charge in [0.25, 0.3) is 0 Å². The van der Waals surface area contributed by atoms with Crippen molar-refractivity contribution in [3.8, 4) is 16.9 Å². The smallest absolute Gasteiger partial charge is 0.336 e. The SMILES string of the molecule is CCc1cc2c(-c3ccccc3)cc(=O)oc2c2c1OCN(Cc1ccccc1Cl)C2. The van der Waals surface area contributed by atoms with Crippen LogP contribution in [0.2, 0.25) is 5.02 Å². The Morgan fingerprint density at radius 3 is 2.55 bits per heavy atom. The Bertz CT molecular complexity index is 1310. The van der Waals surface area contributed by atoms with Gasteiger partial charge in [-0.1, -0.05) is 67.1 Å². The molecule has 5 rings (SSSR count). The van der Waals surface area contributed by atoms with Crippen LogP contribution in [0.25, 0.3) is 22.1 Å². The van der Waals surface area contributed by atoms with Gasteiger partial charge in [0.05, 0.1) is 5.56 Å². The third-order valence-corrected chi connectivity index (χ3v) is 6.12. The maximum absolute atomic E-state index is 12.5. The van der Waals surface area contributed by atoms with Crippen LogP contribution >= 0.6 is 11.6 Å². The lowest BCUT2D eigenvalue weighted by molar-refractivity contribution is 0.0880. The summed E-state index contributed by atoms with van der Waals surface area (Å²) in [4.78, 5) is 14.7. The highest BCUT2D eigenvalue weighted by atomic mass is 35.5. The number of aryl methyl sites for hydroxylation is 1. The summed E-state index contributed by atoms with van der Waals surface area (Å²) in [6, 6.07) is 21.4. The molecule has 0 N–H and O–H groups in total. The van der Waals surface area contributed by atoms with Crippen molar-refractivity contribution in [3.05, 3.63) is 98.9 Å². The molecule has 5 heteroatoms. The van der Waals surface area contributed by atoms with Crippen molar-refractivity contribution in [2.75, 3.05) is 6.73 Å². The minimum atomic E-state index is -0.360. The molecular weight excluding hydrogens is 410 g/mol. The van der Waals surface area contributed by atoms with Gasteiger partial charge in [0, 0.05) is 29.6 Å². The first-order valence-electron chi connectivity index (χ1n) is 10.4. The van der Waals surface area contributed by atoms with E-state index in [9.17, 15) is 4.79 Å². The van der Waals surface area contributed by atoms with Gasteiger partial charge in [-0.05, 0) is 40.8 Å². The number of hydrogen-bond acceptors (Lipinski definition) is 4. The molecule has 3 aromatic carbocycles. The monoisotopic (exact) mass is 431 g/mol. The average Bonchev–Trinajstić information content (AvgIpc) is 2.80. The highest BCUT2D eigenvalue weighted by Gasteiger charge is 2.26. The van der Waals surface area contributed by atoms with Crippen molar-refractivity contribution in [1.82, 2.24) is 4.90 Å². The minimum Gasteiger partial charge on any atom is -0.477 e.